The number of rotatable bonds is 4. The Labute approximate surface area is 118 Å². The number of H-pyrrole nitrogens is 1. The molecular weight excluding hydrogens is 285 g/mol. The number of imidazole rings is 1. The predicted octanol–water partition coefficient (Wildman–Crippen LogP) is 3.11. The van der Waals surface area contributed by atoms with E-state index in [9.17, 15) is 18.0 Å². The molecule has 0 spiro atoms. The zero-order valence-corrected chi connectivity index (χ0v) is 11.1. The van der Waals surface area contributed by atoms with Crippen LogP contribution in [0.25, 0.3) is 0 Å². The van der Waals surface area contributed by atoms with Gasteiger partial charge in [-0.1, -0.05) is 0 Å². The quantitative estimate of drug-likeness (QED) is 0.812. The number of aromatic nitrogens is 2. The fraction of sp³-hybridized carbons (Fsp3) is 0.231. The molecule has 0 saturated heterocycles. The van der Waals surface area contributed by atoms with Crippen molar-refractivity contribution in [3.05, 3.63) is 41.7 Å². The highest BCUT2D eigenvalue weighted by Crippen LogP contribution is 2.35. The van der Waals surface area contributed by atoms with Gasteiger partial charge < -0.3 is 10.3 Å². The monoisotopic (exact) mass is 298 g/mol. The van der Waals surface area contributed by atoms with E-state index in [1.54, 1.807) is 6.92 Å². The summed E-state index contributed by atoms with van der Waals surface area (Å²) in [5, 5.41) is 5.00. The standard InChI is InChI=1S/C13H13F3N4O/c1-2-17-10-4-3-8(7-9(10)13(14,15)16)11(21)20-12-18-5-6-19-12/h3-7,17H,2H2,1H3,(H2,18,19,20,21). The second kappa shape index (κ2) is 5.86. The fourth-order valence-corrected chi connectivity index (χ4v) is 1.78. The number of halogens is 3. The maximum atomic E-state index is 13.0. The Bertz CT molecular complexity index is 623. The highest BCUT2D eigenvalue weighted by molar-refractivity contribution is 6.03. The van der Waals surface area contributed by atoms with Crippen LogP contribution in [0.5, 0.6) is 0 Å². The van der Waals surface area contributed by atoms with Gasteiger partial charge in [0.15, 0.2) is 0 Å². The summed E-state index contributed by atoms with van der Waals surface area (Å²) in [6.07, 6.45) is -1.63. The molecule has 3 N–H and O–H groups in total. The van der Waals surface area contributed by atoms with Gasteiger partial charge in [0.05, 0.1) is 5.56 Å². The SMILES string of the molecule is CCNc1ccc(C(=O)Nc2ncc[nH]2)cc1C(F)(F)F. The van der Waals surface area contributed by atoms with Crippen LogP contribution in [0.3, 0.4) is 0 Å². The van der Waals surface area contributed by atoms with E-state index >= 15 is 0 Å². The second-order valence-electron chi connectivity index (χ2n) is 4.18. The number of hydrogen-bond acceptors (Lipinski definition) is 3. The van der Waals surface area contributed by atoms with Crippen LogP contribution in [0.2, 0.25) is 0 Å². The van der Waals surface area contributed by atoms with Gasteiger partial charge in [0.25, 0.3) is 5.91 Å². The van der Waals surface area contributed by atoms with Crippen LogP contribution >= 0.6 is 0 Å². The van der Waals surface area contributed by atoms with Gasteiger partial charge in [0.1, 0.15) is 0 Å². The summed E-state index contributed by atoms with van der Waals surface area (Å²) in [4.78, 5) is 18.3. The molecule has 0 aliphatic heterocycles. The Morgan fingerprint density at radius 2 is 2.14 bits per heavy atom. The van der Waals surface area contributed by atoms with Crippen LogP contribution in [-0.2, 0) is 6.18 Å². The first-order chi connectivity index (χ1) is 9.91. The predicted molar refractivity (Wildman–Crippen MR) is 72.1 cm³/mol. The van der Waals surface area contributed by atoms with E-state index in [1.165, 1.54) is 24.5 Å². The molecule has 0 atom stereocenters. The molecule has 21 heavy (non-hydrogen) atoms. The van der Waals surface area contributed by atoms with Crippen molar-refractivity contribution in [1.82, 2.24) is 9.97 Å². The summed E-state index contributed by atoms with van der Waals surface area (Å²) in [5.41, 5.74) is -1.03. The summed E-state index contributed by atoms with van der Waals surface area (Å²) in [7, 11) is 0. The maximum Gasteiger partial charge on any atom is 0.418 e. The van der Waals surface area contributed by atoms with Crippen molar-refractivity contribution in [1.29, 1.82) is 0 Å². The lowest BCUT2D eigenvalue weighted by Gasteiger charge is -2.15. The number of aromatic amines is 1. The molecule has 0 fully saturated rings. The summed E-state index contributed by atoms with van der Waals surface area (Å²) in [6.45, 7) is 2.04. The van der Waals surface area contributed by atoms with Gasteiger partial charge in [0, 0.05) is 30.2 Å². The van der Waals surface area contributed by atoms with Gasteiger partial charge in [0.2, 0.25) is 5.95 Å². The molecule has 8 heteroatoms. The molecule has 0 bridgehead atoms. The first kappa shape index (κ1) is 14.9. The molecule has 2 rings (SSSR count). The topological polar surface area (TPSA) is 69.8 Å². The van der Waals surface area contributed by atoms with Gasteiger partial charge in [-0.25, -0.2) is 4.98 Å². The molecule has 0 radical (unpaired) electrons. The van der Waals surface area contributed by atoms with Gasteiger partial charge in [-0.05, 0) is 25.1 Å². The van der Waals surface area contributed by atoms with E-state index in [0.717, 1.165) is 6.07 Å². The van der Waals surface area contributed by atoms with Gasteiger partial charge in [-0.2, -0.15) is 13.2 Å². The average molecular weight is 298 g/mol. The molecule has 1 amide bonds. The van der Waals surface area contributed by atoms with Crippen LogP contribution in [-0.4, -0.2) is 22.4 Å². The number of amides is 1. The number of carbonyl (C=O) groups excluding carboxylic acids is 1. The Morgan fingerprint density at radius 3 is 2.71 bits per heavy atom. The zero-order valence-electron chi connectivity index (χ0n) is 11.1. The van der Waals surface area contributed by atoms with Crippen molar-refractivity contribution in [2.75, 3.05) is 17.2 Å². The van der Waals surface area contributed by atoms with E-state index in [4.69, 9.17) is 0 Å². The Hall–Kier alpha value is -2.51. The van der Waals surface area contributed by atoms with Crippen LogP contribution in [0.1, 0.15) is 22.8 Å². The minimum atomic E-state index is -4.54. The maximum absolute atomic E-state index is 13.0. The molecule has 1 aromatic carbocycles. The van der Waals surface area contributed by atoms with Gasteiger partial charge in [-0.3, -0.25) is 10.1 Å². The molecule has 0 aliphatic carbocycles. The Balaban J connectivity index is 2.30. The molecule has 0 saturated carbocycles. The summed E-state index contributed by atoms with van der Waals surface area (Å²) in [5.74, 6) is -0.497. The third kappa shape index (κ3) is 3.53. The number of nitrogens with zero attached hydrogens (tertiary/aromatic N) is 1. The van der Waals surface area contributed by atoms with E-state index in [2.05, 4.69) is 20.6 Å². The second-order valence-corrected chi connectivity index (χ2v) is 4.18. The fourth-order valence-electron chi connectivity index (χ4n) is 1.78. The van der Waals surface area contributed by atoms with Crippen molar-refractivity contribution in [3.8, 4) is 0 Å². The molecule has 1 heterocycles. The normalized spacial score (nSPS) is 11.2. The van der Waals surface area contributed by atoms with Crippen molar-refractivity contribution in [3.63, 3.8) is 0 Å². The lowest BCUT2D eigenvalue weighted by molar-refractivity contribution is -0.137. The number of anilines is 2. The van der Waals surface area contributed by atoms with Crippen LogP contribution in [0, 0.1) is 0 Å². The molecule has 0 aliphatic rings. The van der Waals surface area contributed by atoms with E-state index in [-0.39, 0.29) is 17.2 Å². The van der Waals surface area contributed by atoms with Crippen molar-refractivity contribution < 1.29 is 18.0 Å². The van der Waals surface area contributed by atoms with E-state index in [0.29, 0.717) is 6.54 Å². The highest BCUT2D eigenvalue weighted by atomic mass is 19.4. The van der Waals surface area contributed by atoms with Crippen LogP contribution in [0.15, 0.2) is 30.6 Å². The zero-order chi connectivity index (χ0) is 15.5. The first-order valence-electron chi connectivity index (χ1n) is 6.17. The van der Waals surface area contributed by atoms with E-state index < -0.39 is 17.6 Å². The van der Waals surface area contributed by atoms with Crippen molar-refractivity contribution >= 4 is 17.5 Å². The number of hydrogen-bond donors (Lipinski definition) is 3. The highest BCUT2D eigenvalue weighted by Gasteiger charge is 2.34. The van der Waals surface area contributed by atoms with Crippen LogP contribution in [0.4, 0.5) is 24.8 Å². The molecular formula is C13H13F3N4O. The van der Waals surface area contributed by atoms with Gasteiger partial charge >= 0.3 is 6.18 Å². The summed E-state index contributed by atoms with van der Waals surface area (Å²) >= 11 is 0. The molecule has 1 aromatic heterocycles. The number of nitrogens with one attached hydrogen (secondary N) is 3. The smallest absolute Gasteiger partial charge is 0.385 e. The first-order valence-corrected chi connectivity index (χ1v) is 6.17. The lowest BCUT2D eigenvalue weighted by Crippen LogP contribution is -2.16. The summed E-state index contributed by atoms with van der Waals surface area (Å²) in [6, 6.07) is 3.38. The van der Waals surface area contributed by atoms with Crippen molar-refractivity contribution in [2.24, 2.45) is 0 Å². The summed E-state index contributed by atoms with van der Waals surface area (Å²) < 4.78 is 39.0. The molecule has 5 nitrogen and oxygen atoms in total. The number of benzene rings is 1. The van der Waals surface area contributed by atoms with E-state index in [1.807, 2.05) is 0 Å². The number of carbonyl (C=O) groups is 1. The molecule has 112 valence electrons. The largest absolute Gasteiger partial charge is 0.418 e. The van der Waals surface area contributed by atoms with Crippen molar-refractivity contribution in [2.45, 2.75) is 13.1 Å². The third-order valence-electron chi connectivity index (χ3n) is 2.68. The van der Waals surface area contributed by atoms with Gasteiger partial charge in [-0.15, -0.1) is 0 Å². The Morgan fingerprint density at radius 1 is 1.38 bits per heavy atom. The molecule has 0 unspecified atom stereocenters. The lowest BCUT2D eigenvalue weighted by atomic mass is 10.1. The minimum absolute atomic E-state index is 0.0560. The van der Waals surface area contributed by atoms with Crippen LogP contribution < -0.4 is 10.6 Å². The number of alkyl halides is 3. The molecule has 2 aromatic rings. The average Bonchev–Trinajstić information content (AvgIpc) is 2.91. The Kier molecular flexibility index (Phi) is 4.15. The minimum Gasteiger partial charge on any atom is -0.385 e. The third-order valence-corrected chi connectivity index (χ3v) is 2.68.